The van der Waals surface area contributed by atoms with Gasteiger partial charge in [-0.3, -0.25) is 0 Å². The molecule has 0 fully saturated rings. The minimum absolute atomic E-state index is 0.0215. The van der Waals surface area contributed by atoms with E-state index in [-0.39, 0.29) is 6.01 Å². The lowest BCUT2D eigenvalue weighted by Crippen LogP contribution is -1.83. The first-order chi connectivity index (χ1) is 11.1. The van der Waals surface area contributed by atoms with Crippen LogP contribution in [0.4, 0.5) is 6.01 Å². The van der Waals surface area contributed by atoms with Crippen molar-refractivity contribution < 1.29 is 4.42 Å². The average molecular weight is 346 g/mol. The van der Waals surface area contributed by atoms with Crippen LogP contribution in [0, 0.1) is 0 Å². The van der Waals surface area contributed by atoms with Crippen molar-refractivity contribution in [2.24, 2.45) is 0 Å². The number of halogens is 2. The maximum absolute atomic E-state index is 6.23. The number of hydrogen-bond acceptors (Lipinski definition) is 5. The maximum Gasteiger partial charge on any atom is 0.313 e. The molecule has 4 rings (SSSR count). The summed E-state index contributed by atoms with van der Waals surface area (Å²) in [6.45, 7) is 0. The summed E-state index contributed by atoms with van der Waals surface area (Å²) in [4.78, 5) is 7.74. The van der Waals surface area contributed by atoms with Gasteiger partial charge < -0.3 is 15.1 Å². The second kappa shape index (κ2) is 5.26. The molecule has 0 unspecified atom stereocenters. The maximum atomic E-state index is 6.23. The van der Waals surface area contributed by atoms with Crippen LogP contribution in [0.3, 0.4) is 0 Å². The van der Waals surface area contributed by atoms with Gasteiger partial charge in [-0.15, -0.1) is 5.10 Å². The Hall–Kier alpha value is -2.57. The van der Waals surface area contributed by atoms with E-state index in [0.717, 1.165) is 16.6 Å². The highest BCUT2D eigenvalue weighted by atomic mass is 35.5. The van der Waals surface area contributed by atoms with Gasteiger partial charge in [-0.1, -0.05) is 34.4 Å². The fourth-order valence-electron chi connectivity index (χ4n) is 2.34. The number of anilines is 1. The summed E-state index contributed by atoms with van der Waals surface area (Å²) in [6.07, 6.45) is 0. The van der Waals surface area contributed by atoms with Crippen molar-refractivity contribution in [2.75, 3.05) is 5.73 Å². The Kier molecular flexibility index (Phi) is 3.21. The normalized spacial score (nSPS) is 11.2. The number of rotatable bonds is 2. The molecule has 0 bridgehead atoms. The molecule has 0 spiro atoms. The van der Waals surface area contributed by atoms with Crippen LogP contribution in [-0.4, -0.2) is 20.2 Å². The number of nitrogens with one attached hydrogen (secondary N) is 1. The average Bonchev–Trinajstić information content (AvgIpc) is 3.12. The predicted octanol–water partition coefficient (Wildman–Crippen LogP) is 4.17. The Balaban J connectivity index is 1.85. The molecule has 114 valence electrons. The highest BCUT2D eigenvalue weighted by Gasteiger charge is 2.14. The SMILES string of the molecule is Nc1nnc(-c2ccc3nc(-c4c(Cl)cccc4Cl)[nH]c3c2)o1. The van der Waals surface area contributed by atoms with Crippen LogP contribution in [0.5, 0.6) is 0 Å². The van der Waals surface area contributed by atoms with E-state index < -0.39 is 0 Å². The number of aromatic amines is 1. The summed E-state index contributed by atoms with van der Waals surface area (Å²) in [5, 5.41) is 8.58. The minimum Gasteiger partial charge on any atom is -0.404 e. The van der Waals surface area contributed by atoms with Crippen molar-refractivity contribution in [3.63, 3.8) is 0 Å². The first kappa shape index (κ1) is 14.0. The highest BCUT2D eigenvalue weighted by molar-refractivity contribution is 6.39. The molecule has 8 heteroatoms. The van der Waals surface area contributed by atoms with Gasteiger partial charge >= 0.3 is 6.01 Å². The fourth-order valence-corrected chi connectivity index (χ4v) is 2.91. The molecule has 0 aliphatic rings. The Morgan fingerprint density at radius 3 is 2.52 bits per heavy atom. The van der Waals surface area contributed by atoms with E-state index in [2.05, 4.69) is 20.2 Å². The van der Waals surface area contributed by atoms with Gasteiger partial charge in [0.25, 0.3) is 0 Å². The lowest BCUT2D eigenvalue weighted by molar-refractivity contribution is 0.590. The van der Waals surface area contributed by atoms with Crippen molar-refractivity contribution in [2.45, 2.75) is 0 Å². The third-order valence-electron chi connectivity index (χ3n) is 3.37. The molecule has 2 aromatic carbocycles. The smallest absolute Gasteiger partial charge is 0.313 e. The molecule has 3 N–H and O–H groups in total. The Morgan fingerprint density at radius 1 is 1.04 bits per heavy atom. The van der Waals surface area contributed by atoms with Crippen molar-refractivity contribution in [1.29, 1.82) is 0 Å². The molecule has 0 amide bonds. The van der Waals surface area contributed by atoms with E-state index in [1.54, 1.807) is 18.2 Å². The molecule has 0 radical (unpaired) electrons. The number of nitrogens with zero attached hydrogens (tertiary/aromatic N) is 3. The Morgan fingerprint density at radius 2 is 1.83 bits per heavy atom. The third-order valence-corrected chi connectivity index (χ3v) is 4.00. The van der Waals surface area contributed by atoms with Crippen LogP contribution in [-0.2, 0) is 0 Å². The number of imidazole rings is 1. The third kappa shape index (κ3) is 2.42. The zero-order valence-electron chi connectivity index (χ0n) is 11.5. The van der Waals surface area contributed by atoms with Crippen LogP contribution < -0.4 is 5.73 Å². The van der Waals surface area contributed by atoms with Crippen LogP contribution in [0.15, 0.2) is 40.8 Å². The molecule has 2 aromatic heterocycles. The molecule has 6 nitrogen and oxygen atoms in total. The number of nitrogens with two attached hydrogens (primary N) is 1. The van der Waals surface area contributed by atoms with Crippen molar-refractivity contribution in [3.05, 3.63) is 46.4 Å². The van der Waals surface area contributed by atoms with Crippen molar-refractivity contribution in [3.8, 4) is 22.8 Å². The zero-order valence-corrected chi connectivity index (χ0v) is 13.1. The second-order valence-corrected chi connectivity index (χ2v) is 5.67. The molecule has 0 saturated heterocycles. The molecule has 0 aliphatic heterocycles. The van der Waals surface area contributed by atoms with Gasteiger partial charge in [0, 0.05) is 5.56 Å². The van der Waals surface area contributed by atoms with Gasteiger partial charge in [0.15, 0.2) is 0 Å². The molecule has 0 atom stereocenters. The van der Waals surface area contributed by atoms with E-state index in [4.69, 9.17) is 33.4 Å². The second-order valence-electron chi connectivity index (χ2n) is 4.86. The molecular formula is C15H9Cl2N5O. The molecule has 2 heterocycles. The van der Waals surface area contributed by atoms with E-state index in [9.17, 15) is 0 Å². The van der Waals surface area contributed by atoms with E-state index in [0.29, 0.717) is 27.3 Å². The number of fused-ring (bicyclic) bond motifs is 1. The van der Waals surface area contributed by atoms with E-state index >= 15 is 0 Å². The number of nitrogen functional groups attached to an aromatic ring is 1. The predicted molar refractivity (Wildman–Crippen MR) is 89.3 cm³/mol. The fraction of sp³-hybridized carbons (Fsp3) is 0. The lowest BCUT2D eigenvalue weighted by Gasteiger charge is -2.02. The van der Waals surface area contributed by atoms with Crippen LogP contribution >= 0.6 is 23.2 Å². The number of H-pyrrole nitrogens is 1. The van der Waals surface area contributed by atoms with E-state index in [1.165, 1.54) is 0 Å². The van der Waals surface area contributed by atoms with E-state index in [1.807, 2.05) is 18.2 Å². The molecule has 23 heavy (non-hydrogen) atoms. The zero-order chi connectivity index (χ0) is 16.0. The lowest BCUT2D eigenvalue weighted by atomic mass is 10.2. The van der Waals surface area contributed by atoms with Crippen LogP contribution in [0.25, 0.3) is 33.9 Å². The van der Waals surface area contributed by atoms with Crippen molar-refractivity contribution >= 4 is 40.2 Å². The standard InChI is InChI=1S/C15H9Cl2N5O/c16-8-2-1-3-9(17)12(8)13-19-10-5-4-7(6-11(10)20-13)14-21-22-15(18)23-14/h1-6H,(H2,18,22)(H,19,20). The van der Waals surface area contributed by atoms with Crippen LogP contribution in [0.1, 0.15) is 0 Å². The van der Waals surface area contributed by atoms with Gasteiger partial charge in [-0.2, -0.15) is 0 Å². The number of hydrogen-bond donors (Lipinski definition) is 2. The van der Waals surface area contributed by atoms with Gasteiger partial charge in [-0.05, 0) is 30.3 Å². The summed E-state index contributed by atoms with van der Waals surface area (Å²) in [5.41, 5.74) is 8.42. The first-order valence-corrected chi connectivity index (χ1v) is 7.41. The summed E-state index contributed by atoms with van der Waals surface area (Å²) >= 11 is 12.5. The number of benzene rings is 2. The van der Waals surface area contributed by atoms with Crippen molar-refractivity contribution in [1.82, 2.24) is 20.2 Å². The van der Waals surface area contributed by atoms with Crippen LogP contribution in [0.2, 0.25) is 10.0 Å². The molecular weight excluding hydrogens is 337 g/mol. The summed E-state index contributed by atoms with van der Waals surface area (Å²) in [5.74, 6) is 0.939. The number of aromatic nitrogens is 4. The molecule has 0 aliphatic carbocycles. The monoisotopic (exact) mass is 345 g/mol. The quantitative estimate of drug-likeness (QED) is 0.568. The van der Waals surface area contributed by atoms with Gasteiger partial charge in [0.2, 0.25) is 5.89 Å². The molecule has 0 saturated carbocycles. The van der Waals surface area contributed by atoms with Gasteiger partial charge in [0.05, 0.1) is 26.6 Å². The molecule has 4 aromatic rings. The summed E-state index contributed by atoms with van der Waals surface area (Å²) < 4.78 is 5.23. The van der Waals surface area contributed by atoms with Gasteiger partial charge in [-0.25, -0.2) is 4.98 Å². The first-order valence-electron chi connectivity index (χ1n) is 6.65. The Labute approximate surface area is 140 Å². The van der Waals surface area contributed by atoms with Gasteiger partial charge in [0.1, 0.15) is 5.82 Å². The largest absolute Gasteiger partial charge is 0.404 e. The summed E-state index contributed by atoms with van der Waals surface area (Å²) in [7, 11) is 0. The minimum atomic E-state index is 0.0215. The summed E-state index contributed by atoms with van der Waals surface area (Å²) in [6, 6.07) is 10.9. The topological polar surface area (TPSA) is 93.6 Å². The Bertz CT molecular complexity index is 1000. The highest BCUT2D eigenvalue weighted by Crippen LogP contribution is 2.34.